The molecule has 15 heavy (non-hydrogen) atoms. The Morgan fingerprint density at radius 1 is 1.53 bits per heavy atom. The highest BCUT2D eigenvalue weighted by molar-refractivity contribution is 5.76. The number of rotatable bonds is 5. The highest BCUT2D eigenvalue weighted by atomic mass is 16.5. The van der Waals surface area contributed by atoms with Gasteiger partial charge in [-0.1, -0.05) is 6.92 Å². The Balaban J connectivity index is 2.66. The fraction of sp³-hybridized carbons (Fsp3) is 0.778. The number of carboxylic acids is 1. The minimum Gasteiger partial charge on any atom is -0.481 e. The van der Waals surface area contributed by atoms with Gasteiger partial charge in [0.05, 0.1) is 25.7 Å². The predicted molar refractivity (Wildman–Crippen MR) is 52.2 cm³/mol. The predicted octanol–water partition coefficient (Wildman–Crippen LogP) is -1.11. The van der Waals surface area contributed by atoms with Crippen LogP contribution in [0.1, 0.15) is 6.92 Å². The Bertz CT molecular complexity index is 256. The average molecular weight is 216 g/mol. The van der Waals surface area contributed by atoms with Crippen LogP contribution in [0.3, 0.4) is 0 Å². The number of hydrogen-bond donors (Lipinski definition) is 2. The summed E-state index contributed by atoms with van der Waals surface area (Å²) in [5.74, 6) is -1.90. The van der Waals surface area contributed by atoms with E-state index in [1.54, 1.807) is 4.90 Å². The van der Waals surface area contributed by atoms with Gasteiger partial charge < -0.3 is 15.6 Å². The second kappa shape index (κ2) is 5.09. The monoisotopic (exact) mass is 216 g/mol. The van der Waals surface area contributed by atoms with Crippen LogP contribution in [0, 0.1) is 5.92 Å². The lowest BCUT2D eigenvalue weighted by Gasteiger charge is -2.27. The van der Waals surface area contributed by atoms with E-state index in [1.807, 2.05) is 6.92 Å². The van der Waals surface area contributed by atoms with Crippen molar-refractivity contribution < 1.29 is 19.4 Å². The lowest BCUT2D eigenvalue weighted by Crippen LogP contribution is -2.46. The van der Waals surface area contributed by atoms with Crippen molar-refractivity contribution in [3.63, 3.8) is 0 Å². The van der Waals surface area contributed by atoms with E-state index < -0.39 is 17.8 Å². The molecule has 3 N–H and O–H groups in total. The van der Waals surface area contributed by atoms with Crippen LogP contribution in [0.15, 0.2) is 0 Å². The minimum atomic E-state index is -0.888. The number of carbonyl (C=O) groups is 2. The number of hydrogen-bond acceptors (Lipinski definition) is 4. The molecule has 6 heteroatoms. The van der Waals surface area contributed by atoms with E-state index in [9.17, 15) is 9.59 Å². The summed E-state index contributed by atoms with van der Waals surface area (Å²) < 4.78 is 5.12. The molecule has 86 valence electrons. The van der Waals surface area contributed by atoms with Gasteiger partial charge in [0.25, 0.3) is 0 Å². The van der Waals surface area contributed by atoms with Gasteiger partial charge in [0.2, 0.25) is 5.91 Å². The molecule has 0 aliphatic carbocycles. The third-order valence-corrected chi connectivity index (χ3v) is 2.60. The first-order chi connectivity index (χ1) is 7.06. The first kappa shape index (κ1) is 11.9. The van der Waals surface area contributed by atoms with Crippen LogP contribution in [0.25, 0.3) is 0 Å². The van der Waals surface area contributed by atoms with Crippen LogP contribution in [-0.2, 0) is 14.3 Å². The summed E-state index contributed by atoms with van der Waals surface area (Å²) in [6, 6.07) is -0.250. The summed E-state index contributed by atoms with van der Waals surface area (Å²) in [5, 5.41) is 8.94. The molecule has 1 heterocycles. The molecule has 1 saturated heterocycles. The molecule has 2 atom stereocenters. The van der Waals surface area contributed by atoms with Crippen LogP contribution in [-0.4, -0.2) is 54.2 Å². The molecule has 1 aliphatic rings. The molecule has 0 spiro atoms. The fourth-order valence-electron chi connectivity index (χ4n) is 1.80. The lowest BCUT2D eigenvalue weighted by atomic mass is 10.0. The number of carbonyl (C=O) groups excluding carboxylic acids is 1. The van der Waals surface area contributed by atoms with Crippen molar-refractivity contribution in [1.82, 2.24) is 4.90 Å². The molecule has 0 radical (unpaired) electrons. The van der Waals surface area contributed by atoms with Crippen LogP contribution in [0.4, 0.5) is 0 Å². The van der Waals surface area contributed by atoms with Gasteiger partial charge in [-0.25, -0.2) is 0 Å². The molecule has 1 fully saturated rings. The summed E-state index contributed by atoms with van der Waals surface area (Å²) >= 11 is 0. The van der Waals surface area contributed by atoms with Gasteiger partial charge in [-0.15, -0.1) is 0 Å². The first-order valence-electron chi connectivity index (χ1n) is 4.89. The van der Waals surface area contributed by atoms with Crippen molar-refractivity contribution in [2.75, 3.05) is 26.3 Å². The summed E-state index contributed by atoms with van der Waals surface area (Å²) in [6.07, 6.45) is 0. The number of nitrogens with zero attached hydrogens (tertiary/aromatic N) is 1. The first-order valence-corrected chi connectivity index (χ1v) is 4.89. The number of primary amides is 1. The van der Waals surface area contributed by atoms with Gasteiger partial charge in [-0.05, 0) is 6.54 Å². The van der Waals surface area contributed by atoms with Crippen molar-refractivity contribution in [2.24, 2.45) is 11.7 Å². The zero-order valence-corrected chi connectivity index (χ0v) is 8.68. The molecule has 2 unspecified atom stereocenters. The van der Waals surface area contributed by atoms with Gasteiger partial charge in [0, 0.05) is 6.04 Å². The maximum Gasteiger partial charge on any atom is 0.310 e. The Morgan fingerprint density at radius 2 is 2.20 bits per heavy atom. The standard InChI is InChI=1S/C9H16N2O4/c1-2-11(3-8(10)12)7-5-15-4-6(7)9(13)14/h6-7H,2-5H2,1H3,(H2,10,12)(H,13,14). The van der Waals surface area contributed by atoms with E-state index in [1.165, 1.54) is 0 Å². The quantitative estimate of drug-likeness (QED) is 0.608. The van der Waals surface area contributed by atoms with Crippen molar-refractivity contribution in [2.45, 2.75) is 13.0 Å². The summed E-state index contributed by atoms with van der Waals surface area (Å²) in [7, 11) is 0. The smallest absolute Gasteiger partial charge is 0.310 e. The van der Waals surface area contributed by atoms with Gasteiger partial charge in [-0.2, -0.15) is 0 Å². The molecule has 0 aromatic rings. The summed E-state index contributed by atoms with van der Waals surface area (Å²) in [5.41, 5.74) is 5.09. The molecule has 1 amide bonds. The Hall–Kier alpha value is -1.14. The number of likely N-dealkylation sites (N-methyl/N-ethyl adjacent to an activating group) is 1. The molecule has 0 aromatic heterocycles. The topological polar surface area (TPSA) is 92.9 Å². The zero-order chi connectivity index (χ0) is 11.4. The van der Waals surface area contributed by atoms with Crippen LogP contribution in [0.5, 0.6) is 0 Å². The van der Waals surface area contributed by atoms with Crippen molar-refractivity contribution >= 4 is 11.9 Å². The third-order valence-electron chi connectivity index (χ3n) is 2.60. The molecule has 0 aromatic carbocycles. The SMILES string of the molecule is CCN(CC(N)=O)C1COCC1C(=O)O. The normalized spacial score (nSPS) is 25.7. The maximum absolute atomic E-state index is 10.9. The van der Waals surface area contributed by atoms with E-state index >= 15 is 0 Å². The van der Waals surface area contributed by atoms with Gasteiger partial charge in [0.1, 0.15) is 0 Å². The van der Waals surface area contributed by atoms with E-state index in [2.05, 4.69) is 0 Å². The Morgan fingerprint density at radius 3 is 2.67 bits per heavy atom. The highest BCUT2D eigenvalue weighted by Gasteiger charge is 2.37. The second-order valence-electron chi connectivity index (χ2n) is 3.58. The van der Waals surface area contributed by atoms with E-state index in [0.717, 1.165) is 0 Å². The lowest BCUT2D eigenvalue weighted by molar-refractivity contribution is -0.143. The molecule has 0 saturated carbocycles. The number of nitrogens with two attached hydrogens (primary N) is 1. The third kappa shape index (κ3) is 2.90. The molecular formula is C9H16N2O4. The molecular weight excluding hydrogens is 200 g/mol. The van der Waals surface area contributed by atoms with Crippen molar-refractivity contribution in [3.8, 4) is 0 Å². The van der Waals surface area contributed by atoms with E-state index in [-0.39, 0.29) is 19.2 Å². The van der Waals surface area contributed by atoms with Crippen molar-refractivity contribution in [3.05, 3.63) is 0 Å². The number of amides is 1. The van der Waals surface area contributed by atoms with Gasteiger partial charge >= 0.3 is 5.97 Å². The number of carboxylic acid groups (broad SMARTS) is 1. The van der Waals surface area contributed by atoms with Crippen LogP contribution < -0.4 is 5.73 Å². The molecule has 1 rings (SSSR count). The Kier molecular flexibility index (Phi) is 4.05. The fourth-order valence-corrected chi connectivity index (χ4v) is 1.80. The minimum absolute atomic E-state index is 0.0777. The Labute approximate surface area is 88.0 Å². The second-order valence-corrected chi connectivity index (χ2v) is 3.58. The maximum atomic E-state index is 10.9. The number of ether oxygens (including phenoxy) is 1. The molecule has 1 aliphatic heterocycles. The van der Waals surface area contributed by atoms with Gasteiger partial charge in [0.15, 0.2) is 0 Å². The molecule has 0 bridgehead atoms. The van der Waals surface area contributed by atoms with E-state index in [4.69, 9.17) is 15.6 Å². The van der Waals surface area contributed by atoms with Gasteiger partial charge in [-0.3, -0.25) is 14.5 Å². The largest absolute Gasteiger partial charge is 0.481 e. The summed E-state index contributed by atoms with van der Waals surface area (Å²) in [6.45, 7) is 3.07. The van der Waals surface area contributed by atoms with Crippen LogP contribution >= 0.6 is 0 Å². The van der Waals surface area contributed by atoms with Crippen molar-refractivity contribution in [1.29, 1.82) is 0 Å². The van der Waals surface area contributed by atoms with Crippen LogP contribution in [0.2, 0.25) is 0 Å². The molecule has 6 nitrogen and oxygen atoms in total. The number of aliphatic carboxylic acids is 1. The summed E-state index contributed by atoms with van der Waals surface area (Å²) in [4.78, 5) is 23.4. The highest BCUT2D eigenvalue weighted by Crippen LogP contribution is 2.19. The average Bonchev–Trinajstić information content (AvgIpc) is 2.62. The van der Waals surface area contributed by atoms with E-state index in [0.29, 0.717) is 13.2 Å². The zero-order valence-electron chi connectivity index (χ0n) is 8.68.